The third kappa shape index (κ3) is 5.04. The molecule has 2 N–H and O–H groups in total. The Morgan fingerprint density at radius 1 is 1.47 bits per heavy atom. The topological polar surface area (TPSA) is 58.6 Å². The fourth-order valence-corrected chi connectivity index (χ4v) is 2.54. The lowest BCUT2D eigenvalue weighted by atomic mass is 9.84. The first-order valence-corrected chi connectivity index (χ1v) is 6.69. The Bertz CT molecular complexity index is 233. The second kappa shape index (κ2) is 7.67. The molecule has 0 spiro atoms. The molecule has 0 aromatic rings. The Morgan fingerprint density at radius 2 is 2.18 bits per heavy atom. The SMILES string of the molecule is CCOC(=O)CC(C)NC1CCCCC1CO. The quantitative estimate of drug-likeness (QED) is 0.694. The van der Waals surface area contributed by atoms with E-state index in [1.54, 1.807) is 0 Å². The maximum atomic E-state index is 11.3. The van der Waals surface area contributed by atoms with Crippen molar-refractivity contribution in [1.29, 1.82) is 0 Å². The Hall–Kier alpha value is -0.610. The Labute approximate surface area is 104 Å². The van der Waals surface area contributed by atoms with Crippen molar-refractivity contribution < 1.29 is 14.6 Å². The van der Waals surface area contributed by atoms with E-state index in [9.17, 15) is 9.90 Å². The number of aliphatic hydroxyl groups is 1. The van der Waals surface area contributed by atoms with Crippen LogP contribution in [-0.2, 0) is 9.53 Å². The van der Waals surface area contributed by atoms with Crippen molar-refractivity contribution in [2.24, 2.45) is 5.92 Å². The maximum Gasteiger partial charge on any atom is 0.307 e. The molecule has 17 heavy (non-hydrogen) atoms. The van der Waals surface area contributed by atoms with Gasteiger partial charge in [-0.1, -0.05) is 12.8 Å². The summed E-state index contributed by atoms with van der Waals surface area (Å²) in [4.78, 5) is 11.3. The van der Waals surface area contributed by atoms with E-state index in [0.717, 1.165) is 12.8 Å². The molecular weight excluding hydrogens is 218 g/mol. The molecule has 1 aliphatic rings. The molecule has 1 aliphatic carbocycles. The summed E-state index contributed by atoms with van der Waals surface area (Å²) in [5.41, 5.74) is 0. The molecule has 4 nitrogen and oxygen atoms in total. The van der Waals surface area contributed by atoms with Gasteiger partial charge in [0.05, 0.1) is 13.0 Å². The molecule has 1 rings (SSSR count). The number of rotatable bonds is 6. The summed E-state index contributed by atoms with van der Waals surface area (Å²) >= 11 is 0. The van der Waals surface area contributed by atoms with Crippen molar-refractivity contribution in [1.82, 2.24) is 5.32 Å². The van der Waals surface area contributed by atoms with E-state index in [0.29, 0.717) is 25.0 Å². The summed E-state index contributed by atoms with van der Waals surface area (Å²) in [6.45, 7) is 4.50. The first-order chi connectivity index (χ1) is 8.17. The minimum absolute atomic E-state index is 0.117. The molecule has 0 aromatic carbocycles. The van der Waals surface area contributed by atoms with Crippen LogP contribution in [0.25, 0.3) is 0 Å². The van der Waals surface area contributed by atoms with Crippen LogP contribution < -0.4 is 5.32 Å². The minimum Gasteiger partial charge on any atom is -0.466 e. The number of hydrogen-bond donors (Lipinski definition) is 2. The third-order valence-electron chi connectivity index (χ3n) is 3.42. The van der Waals surface area contributed by atoms with Crippen LogP contribution in [0.15, 0.2) is 0 Å². The second-order valence-corrected chi connectivity index (χ2v) is 4.91. The van der Waals surface area contributed by atoms with Crippen molar-refractivity contribution in [3.05, 3.63) is 0 Å². The summed E-state index contributed by atoms with van der Waals surface area (Å²) < 4.78 is 4.93. The summed E-state index contributed by atoms with van der Waals surface area (Å²) in [5, 5.41) is 12.8. The van der Waals surface area contributed by atoms with Crippen molar-refractivity contribution in [3.63, 3.8) is 0 Å². The minimum atomic E-state index is -0.149. The lowest BCUT2D eigenvalue weighted by molar-refractivity contribution is -0.143. The smallest absolute Gasteiger partial charge is 0.307 e. The number of carbonyl (C=O) groups excluding carboxylic acids is 1. The Balaban J connectivity index is 2.33. The van der Waals surface area contributed by atoms with Gasteiger partial charge in [-0.15, -0.1) is 0 Å². The van der Waals surface area contributed by atoms with Gasteiger partial charge in [-0.2, -0.15) is 0 Å². The van der Waals surface area contributed by atoms with Crippen LogP contribution in [0.4, 0.5) is 0 Å². The van der Waals surface area contributed by atoms with Crippen molar-refractivity contribution in [2.75, 3.05) is 13.2 Å². The number of esters is 1. The lowest BCUT2D eigenvalue weighted by Crippen LogP contribution is -2.45. The maximum absolute atomic E-state index is 11.3. The van der Waals surface area contributed by atoms with E-state index in [2.05, 4.69) is 5.32 Å². The molecule has 3 atom stereocenters. The number of ether oxygens (including phenoxy) is 1. The summed E-state index contributed by atoms with van der Waals surface area (Å²) in [6, 6.07) is 0.462. The zero-order valence-corrected chi connectivity index (χ0v) is 10.9. The van der Waals surface area contributed by atoms with Gasteiger partial charge in [0.2, 0.25) is 0 Å². The average Bonchev–Trinajstić information content (AvgIpc) is 2.29. The molecule has 1 fully saturated rings. The summed E-state index contributed by atoms with van der Waals surface area (Å²) in [7, 11) is 0. The average molecular weight is 243 g/mol. The predicted molar refractivity (Wildman–Crippen MR) is 66.7 cm³/mol. The largest absolute Gasteiger partial charge is 0.466 e. The molecule has 100 valence electrons. The van der Waals surface area contributed by atoms with Gasteiger partial charge in [0.25, 0.3) is 0 Å². The van der Waals surface area contributed by atoms with Gasteiger partial charge in [0, 0.05) is 18.7 Å². The van der Waals surface area contributed by atoms with Crippen LogP contribution in [0.3, 0.4) is 0 Å². The van der Waals surface area contributed by atoms with Crippen molar-refractivity contribution in [2.45, 2.75) is 58.0 Å². The van der Waals surface area contributed by atoms with Gasteiger partial charge >= 0.3 is 5.97 Å². The van der Waals surface area contributed by atoms with E-state index in [4.69, 9.17) is 4.74 Å². The van der Waals surface area contributed by atoms with Crippen molar-refractivity contribution in [3.8, 4) is 0 Å². The van der Waals surface area contributed by atoms with Gasteiger partial charge < -0.3 is 15.2 Å². The number of nitrogens with one attached hydrogen (secondary N) is 1. The Morgan fingerprint density at radius 3 is 2.82 bits per heavy atom. The number of aliphatic hydroxyl groups excluding tert-OH is 1. The highest BCUT2D eigenvalue weighted by Crippen LogP contribution is 2.24. The van der Waals surface area contributed by atoms with Crippen LogP contribution in [0, 0.1) is 5.92 Å². The highest BCUT2D eigenvalue weighted by Gasteiger charge is 2.25. The van der Waals surface area contributed by atoms with E-state index in [1.165, 1.54) is 12.8 Å². The molecule has 4 heteroatoms. The van der Waals surface area contributed by atoms with Crippen LogP contribution >= 0.6 is 0 Å². The number of hydrogen-bond acceptors (Lipinski definition) is 4. The van der Waals surface area contributed by atoms with E-state index in [1.807, 2.05) is 13.8 Å². The van der Waals surface area contributed by atoms with Gasteiger partial charge in [-0.3, -0.25) is 4.79 Å². The molecule has 0 heterocycles. The molecule has 0 amide bonds. The molecule has 0 aliphatic heterocycles. The first kappa shape index (κ1) is 14.5. The lowest BCUT2D eigenvalue weighted by Gasteiger charge is -2.33. The molecule has 1 saturated carbocycles. The van der Waals surface area contributed by atoms with Gasteiger partial charge in [0.15, 0.2) is 0 Å². The number of carbonyl (C=O) groups is 1. The Kier molecular flexibility index (Phi) is 6.52. The summed E-state index contributed by atoms with van der Waals surface area (Å²) in [5.74, 6) is 0.192. The van der Waals surface area contributed by atoms with Crippen LogP contribution in [0.1, 0.15) is 46.0 Å². The zero-order chi connectivity index (χ0) is 12.7. The molecule has 0 radical (unpaired) electrons. The second-order valence-electron chi connectivity index (χ2n) is 4.91. The highest BCUT2D eigenvalue weighted by molar-refractivity contribution is 5.70. The standard InChI is InChI=1S/C13H25NO3/c1-3-17-13(16)8-10(2)14-12-7-5-4-6-11(12)9-15/h10-12,14-15H,3-9H2,1-2H3. The van der Waals surface area contributed by atoms with E-state index in [-0.39, 0.29) is 18.6 Å². The first-order valence-electron chi connectivity index (χ1n) is 6.69. The zero-order valence-electron chi connectivity index (χ0n) is 10.9. The van der Waals surface area contributed by atoms with Gasteiger partial charge in [0.1, 0.15) is 0 Å². The molecule has 3 unspecified atom stereocenters. The third-order valence-corrected chi connectivity index (χ3v) is 3.42. The van der Waals surface area contributed by atoms with Crippen molar-refractivity contribution >= 4 is 5.97 Å². The molecule has 0 bridgehead atoms. The van der Waals surface area contributed by atoms with Crippen LogP contribution in [0.5, 0.6) is 0 Å². The van der Waals surface area contributed by atoms with Gasteiger partial charge in [-0.25, -0.2) is 0 Å². The normalized spacial score (nSPS) is 26.5. The van der Waals surface area contributed by atoms with Gasteiger partial charge in [-0.05, 0) is 32.6 Å². The van der Waals surface area contributed by atoms with Crippen LogP contribution in [-0.4, -0.2) is 36.4 Å². The van der Waals surface area contributed by atoms with E-state index < -0.39 is 0 Å². The fraction of sp³-hybridized carbons (Fsp3) is 0.923. The molecule has 0 saturated heterocycles. The monoisotopic (exact) mass is 243 g/mol. The summed E-state index contributed by atoms with van der Waals surface area (Å²) in [6.07, 6.45) is 5.00. The molecular formula is C13H25NO3. The molecule has 0 aromatic heterocycles. The predicted octanol–water partition coefficient (Wildman–Crippen LogP) is 1.47. The fourth-order valence-electron chi connectivity index (χ4n) is 2.54. The van der Waals surface area contributed by atoms with E-state index >= 15 is 0 Å². The highest BCUT2D eigenvalue weighted by atomic mass is 16.5. The van der Waals surface area contributed by atoms with Crippen LogP contribution in [0.2, 0.25) is 0 Å².